The van der Waals surface area contributed by atoms with E-state index in [9.17, 15) is 8.42 Å². The lowest BCUT2D eigenvalue weighted by molar-refractivity contribution is 0.214. The van der Waals surface area contributed by atoms with Gasteiger partial charge in [-0.2, -0.15) is 0 Å². The molecule has 0 fully saturated rings. The maximum Gasteiger partial charge on any atom is 0.257 e. The summed E-state index contributed by atoms with van der Waals surface area (Å²) >= 11 is 0. The summed E-state index contributed by atoms with van der Waals surface area (Å²) in [4.78, 5) is 0. The van der Waals surface area contributed by atoms with Crippen molar-refractivity contribution in [2.45, 2.75) is 32.3 Å². The van der Waals surface area contributed by atoms with Crippen LogP contribution in [0.4, 0.5) is 0 Å². The fourth-order valence-corrected chi connectivity index (χ4v) is 1.69. The SMILES string of the molecule is CC(CCCO)CC(C=CO)O[SH](=O)=O. The maximum atomic E-state index is 10.3. The smallest absolute Gasteiger partial charge is 0.257 e. The highest BCUT2D eigenvalue weighted by molar-refractivity contribution is 7.67. The highest BCUT2D eigenvalue weighted by Crippen LogP contribution is 2.15. The molecule has 0 aromatic rings. The van der Waals surface area contributed by atoms with Gasteiger partial charge in [0.2, 0.25) is 0 Å². The molecule has 2 unspecified atom stereocenters. The van der Waals surface area contributed by atoms with Crippen LogP contribution in [0.5, 0.6) is 0 Å². The van der Waals surface area contributed by atoms with Gasteiger partial charge in [-0.3, -0.25) is 4.18 Å². The molecule has 0 aliphatic carbocycles. The van der Waals surface area contributed by atoms with Crippen LogP contribution in [0.1, 0.15) is 26.2 Å². The highest BCUT2D eigenvalue weighted by Gasteiger charge is 2.12. The molecule has 0 rings (SSSR count). The minimum absolute atomic E-state index is 0.127. The zero-order chi connectivity index (χ0) is 11.7. The van der Waals surface area contributed by atoms with Gasteiger partial charge in [0.15, 0.2) is 0 Å². The Morgan fingerprint density at radius 3 is 2.60 bits per heavy atom. The molecule has 0 heterocycles. The van der Waals surface area contributed by atoms with E-state index in [4.69, 9.17) is 10.2 Å². The van der Waals surface area contributed by atoms with E-state index in [1.54, 1.807) is 0 Å². The molecule has 2 N–H and O–H groups in total. The Morgan fingerprint density at radius 1 is 1.47 bits per heavy atom. The van der Waals surface area contributed by atoms with Gasteiger partial charge in [0.1, 0.15) is 0 Å². The molecular weight excluding hydrogens is 220 g/mol. The predicted molar refractivity (Wildman–Crippen MR) is 57.1 cm³/mol. The van der Waals surface area contributed by atoms with Crippen LogP contribution >= 0.6 is 0 Å². The fourth-order valence-electron chi connectivity index (χ4n) is 1.32. The summed E-state index contributed by atoms with van der Waals surface area (Å²) in [7, 11) is -2.91. The summed E-state index contributed by atoms with van der Waals surface area (Å²) in [6, 6.07) is 0. The third kappa shape index (κ3) is 8.41. The minimum Gasteiger partial charge on any atom is -0.516 e. The van der Waals surface area contributed by atoms with Gasteiger partial charge in [0.05, 0.1) is 12.4 Å². The van der Waals surface area contributed by atoms with Crippen LogP contribution in [-0.2, 0) is 15.2 Å². The lowest BCUT2D eigenvalue weighted by Crippen LogP contribution is -2.13. The van der Waals surface area contributed by atoms with Crippen molar-refractivity contribution in [2.24, 2.45) is 5.92 Å². The van der Waals surface area contributed by atoms with Crippen LogP contribution in [0.25, 0.3) is 0 Å². The van der Waals surface area contributed by atoms with E-state index in [2.05, 4.69) is 4.18 Å². The van der Waals surface area contributed by atoms with Crippen molar-refractivity contribution in [1.29, 1.82) is 0 Å². The molecule has 0 saturated heterocycles. The van der Waals surface area contributed by atoms with E-state index >= 15 is 0 Å². The minimum atomic E-state index is -2.91. The molecule has 0 bridgehead atoms. The van der Waals surface area contributed by atoms with Gasteiger partial charge in [-0.25, -0.2) is 8.42 Å². The van der Waals surface area contributed by atoms with Crippen LogP contribution in [0, 0.1) is 5.92 Å². The third-order valence-corrected chi connectivity index (χ3v) is 2.45. The van der Waals surface area contributed by atoms with E-state index in [-0.39, 0.29) is 12.5 Å². The molecular formula is C9H18O5S. The zero-order valence-corrected chi connectivity index (χ0v) is 9.60. The number of hydrogen-bond acceptors (Lipinski definition) is 5. The molecule has 2 atom stereocenters. The molecule has 0 amide bonds. The second-order valence-electron chi connectivity index (χ2n) is 3.42. The van der Waals surface area contributed by atoms with E-state index in [1.165, 1.54) is 6.08 Å². The Labute approximate surface area is 91.5 Å². The molecule has 90 valence electrons. The summed E-state index contributed by atoms with van der Waals surface area (Å²) in [5.74, 6) is 0.230. The van der Waals surface area contributed by atoms with Gasteiger partial charge in [0, 0.05) is 6.61 Å². The Bertz CT molecular complexity index is 241. The summed E-state index contributed by atoms with van der Waals surface area (Å²) in [6.45, 7) is 2.07. The summed E-state index contributed by atoms with van der Waals surface area (Å²) < 4.78 is 25.3. The summed E-state index contributed by atoms with van der Waals surface area (Å²) in [6.07, 6.45) is 3.43. The lowest BCUT2D eigenvalue weighted by Gasteiger charge is -2.15. The molecule has 6 heteroatoms. The van der Waals surface area contributed by atoms with Crippen LogP contribution in [0.2, 0.25) is 0 Å². The standard InChI is InChI=1S/C9H18O5S/c1-8(3-2-5-10)7-9(4-6-11)14-15(12)13/h4,6,8-11,15H,2-3,5,7H2,1H3. The van der Waals surface area contributed by atoms with Crippen molar-refractivity contribution in [3.05, 3.63) is 12.3 Å². The second-order valence-corrected chi connectivity index (χ2v) is 4.07. The maximum absolute atomic E-state index is 10.3. The van der Waals surface area contributed by atoms with Gasteiger partial charge >= 0.3 is 0 Å². The van der Waals surface area contributed by atoms with E-state index in [0.29, 0.717) is 12.8 Å². The van der Waals surface area contributed by atoms with Crippen LogP contribution in [-0.4, -0.2) is 31.3 Å². The van der Waals surface area contributed by atoms with Crippen LogP contribution in [0.3, 0.4) is 0 Å². The molecule has 5 nitrogen and oxygen atoms in total. The van der Waals surface area contributed by atoms with Crippen molar-refractivity contribution in [2.75, 3.05) is 6.61 Å². The largest absolute Gasteiger partial charge is 0.516 e. The Kier molecular flexibility index (Phi) is 8.35. The quantitative estimate of drug-likeness (QED) is 0.429. The van der Waals surface area contributed by atoms with Gasteiger partial charge in [-0.05, 0) is 31.3 Å². The first-order valence-corrected chi connectivity index (χ1v) is 5.92. The average Bonchev–Trinajstić information content (AvgIpc) is 2.14. The molecule has 0 aliphatic rings. The fraction of sp³-hybridized carbons (Fsp3) is 0.778. The average molecular weight is 238 g/mol. The first-order valence-electron chi connectivity index (χ1n) is 4.83. The Hall–Kier alpha value is -0.590. The predicted octanol–water partition coefficient (Wildman–Crippen LogP) is 0.768. The Morgan fingerprint density at radius 2 is 2.13 bits per heavy atom. The summed E-state index contributed by atoms with van der Waals surface area (Å²) in [5, 5.41) is 17.2. The first-order chi connectivity index (χ1) is 7.10. The lowest BCUT2D eigenvalue weighted by atomic mass is 9.98. The molecule has 0 aromatic heterocycles. The van der Waals surface area contributed by atoms with Crippen molar-refractivity contribution >= 4 is 11.0 Å². The van der Waals surface area contributed by atoms with Gasteiger partial charge in [-0.1, -0.05) is 6.92 Å². The van der Waals surface area contributed by atoms with Gasteiger partial charge in [-0.15, -0.1) is 0 Å². The molecule has 0 aromatic carbocycles. The monoisotopic (exact) mass is 238 g/mol. The Balaban J connectivity index is 4.03. The molecule has 0 radical (unpaired) electrons. The molecule has 15 heavy (non-hydrogen) atoms. The van der Waals surface area contributed by atoms with E-state index < -0.39 is 17.1 Å². The van der Waals surface area contributed by atoms with Crippen molar-refractivity contribution in [3.63, 3.8) is 0 Å². The van der Waals surface area contributed by atoms with E-state index in [0.717, 1.165) is 12.7 Å². The third-order valence-electron chi connectivity index (χ3n) is 2.01. The number of rotatable bonds is 8. The van der Waals surface area contributed by atoms with Crippen molar-refractivity contribution in [1.82, 2.24) is 0 Å². The van der Waals surface area contributed by atoms with Gasteiger partial charge in [0.25, 0.3) is 11.0 Å². The highest BCUT2D eigenvalue weighted by atomic mass is 32.2. The van der Waals surface area contributed by atoms with Crippen molar-refractivity contribution in [3.8, 4) is 0 Å². The number of thiol groups is 1. The van der Waals surface area contributed by atoms with Gasteiger partial charge < -0.3 is 10.2 Å². The van der Waals surface area contributed by atoms with Crippen molar-refractivity contribution < 1.29 is 22.8 Å². The number of aliphatic hydroxyl groups excluding tert-OH is 2. The molecule has 0 saturated carbocycles. The number of aliphatic hydroxyl groups is 2. The first kappa shape index (κ1) is 14.4. The molecule has 0 aliphatic heterocycles. The molecule has 0 spiro atoms. The zero-order valence-electron chi connectivity index (χ0n) is 8.70. The normalized spacial score (nSPS) is 15.9. The topological polar surface area (TPSA) is 83.8 Å². The van der Waals surface area contributed by atoms with Crippen LogP contribution in [0.15, 0.2) is 12.3 Å². The summed E-state index contributed by atoms with van der Waals surface area (Å²) in [5.41, 5.74) is 0. The number of hydrogen-bond donors (Lipinski definition) is 3. The van der Waals surface area contributed by atoms with E-state index in [1.807, 2.05) is 6.92 Å². The second kappa shape index (κ2) is 8.70. The van der Waals surface area contributed by atoms with Crippen LogP contribution < -0.4 is 0 Å².